The van der Waals surface area contributed by atoms with Crippen molar-refractivity contribution in [1.82, 2.24) is 9.80 Å². The van der Waals surface area contributed by atoms with Gasteiger partial charge in [-0.15, -0.1) is 0 Å². The van der Waals surface area contributed by atoms with E-state index in [0.717, 1.165) is 26.2 Å². The van der Waals surface area contributed by atoms with Crippen LogP contribution in [0.25, 0.3) is 0 Å². The fourth-order valence-corrected chi connectivity index (χ4v) is 2.35. The highest BCUT2D eigenvalue weighted by molar-refractivity contribution is 4.87. The molecule has 2 nitrogen and oxygen atoms in total. The molecule has 0 spiro atoms. The molecule has 0 aromatic carbocycles. The lowest BCUT2D eigenvalue weighted by Crippen LogP contribution is -2.53. The highest BCUT2D eigenvalue weighted by Gasteiger charge is 2.29. The summed E-state index contributed by atoms with van der Waals surface area (Å²) in [7, 11) is 0. The van der Waals surface area contributed by atoms with Gasteiger partial charge in [0, 0.05) is 12.1 Å². The second kappa shape index (κ2) is 7.24. The van der Waals surface area contributed by atoms with E-state index in [1.54, 1.807) is 0 Å². The van der Waals surface area contributed by atoms with Crippen LogP contribution in [0.1, 0.15) is 48.0 Å². The van der Waals surface area contributed by atoms with Crippen LogP contribution in [0.5, 0.6) is 0 Å². The average Bonchev–Trinajstić information content (AvgIpc) is 2.27. The first-order valence-electron chi connectivity index (χ1n) is 6.55. The van der Waals surface area contributed by atoms with Gasteiger partial charge in [-0.3, -0.25) is 4.90 Å². The fourth-order valence-electron chi connectivity index (χ4n) is 2.35. The Morgan fingerprint density at radius 1 is 0.800 bits per heavy atom. The smallest absolute Gasteiger partial charge is 0.0305 e. The zero-order valence-corrected chi connectivity index (χ0v) is 11.6. The molecule has 0 N–H and O–H groups in total. The summed E-state index contributed by atoms with van der Waals surface area (Å²) in [6.07, 6.45) is 1.23. The van der Waals surface area contributed by atoms with Crippen molar-refractivity contribution < 1.29 is 0 Å². The molecule has 92 valence electrons. The van der Waals surface area contributed by atoms with Crippen LogP contribution in [0.2, 0.25) is 0 Å². The minimum Gasteiger partial charge on any atom is -0.302 e. The van der Waals surface area contributed by atoms with Gasteiger partial charge in [-0.25, -0.2) is 0 Å². The van der Waals surface area contributed by atoms with Crippen LogP contribution in [0.15, 0.2) is 0 Å². The molecule has 0 fully saturated rings. The zero-order chi connectivity index (χ0) is 11.9. The molecule has 0 saturated heterocycles. The second-order valence-electron chi connectivity index (χ2n) is 4.48. The number of likely N-dealkylation sites (N-methyl/N-ethyl adjacent to an activating group) is 2. The van der Waals surface area contributed by atoms with Crippen LogP contribution in [-0.4, -0.2) is 48.1 Å². The third-order valence-electron chi connectivity index (χ3n) is 3.75. The van der Waals surface area contributed by atoms with Crippen LogP contribution < -0.4 is 0 Å². The summed E-state index contributed by atoms with van der Waals surface area (Å²) in [5, 5.41) is 0. The Kier molecular flexibility index (Phi) is 7.20. The highest BCUT2D eigenvalue weighted by atomic mass is 15.2. The minimum atomic E-state index is 0.343. The molecule has 0 rings (SSSR count). The summed E-state index contributed by atoms with van der Waals surface area (Å²) >= 11 is 0. The van der Waals surface area contributed by atoms with Gasteiger partial charge in [0.25, 0.3) is 0 Å². The summed E-state index contributed by atoms with van der Waals surface area (Å²) in [6, 6.07) is 0. The summed E-state index contributed by atoms with van der Waals surface area (Å²) < 4.78 is 0. The van der Waals surface area contributed by atoms with Crippen molar-refractivity contribution in [3.8, 4) is 0 Å². The monoisotopic (exact) mass is 214 g/mol. The van der Waals surface area contributed by atoms with Gasteiger partial charge < -0.3 is 4.90 Å². The zero-order valence-electron chi connectivity index (χ0n) is 11.6. The van der Waals surface area contributed by atoms with E-state index in [9.17, 15) is 0 Å². The van der Waals surface area contributed by atoms with Crippen LogP contribution in [-0.2, 0) is 0 Å². The number of hydrogen-bond donors (Lipinski definition) is 0. The first-order valence-corrected chi connectivity index (χ1v) is 6.55. The summed E-state index contributed by atoms with van der Waals surface area (Å²) in [5.74, 6) is 0. The predicted molar refractivity (Wildman–Crippen MR) is 69.4 cm³/mol. The third-order valence-corrected chi connectivity index (χ3v) is 3.75. The molecule has 0 amide bonds. The van der Waals surface area contributed by atoms with Crippen molar-refractivity contribution in [2.75, 3.05) is 32.7 Å². The van der Waals surface area contributed by atoms with Crippen molar-refractivity contribution in [1.29, 1.82) is 0 Å². The van der Waals surface area contributed by atoms with E-state index in [1.807, 2.05) is 0 Å². The molecule has 0 aromatic rings. The second-order valence-corrected chi connectivity index (χ2v) is 4.48. The van der Waals surface area contributed by atoms with E-state index in [2.05, 4.69) is 51.3 Å². The predicted octanol–water partition coefficient (Wildman–Crippen LogP) is 2.84. The lowest BCUT2D eigenvalue weighted by Gasteiger charge is -2.43. The minimum absolute atomic E-state index is 0.343. The van der Waals surface area contributed by atoms with Gasteiger partial charge in [0.05, 0.1) is 0 Å². The fraction of sp³-hybridized carbons (Fsp3) is 1.00. The van der Waals surface area contributed by atoms with Crippen molar-refractivity contribution in [3.05, 3.63) is 0 Å². The Labute approximate surface area is 96.6 Å². The molecule has 0 aliphatic carbocycles. The van der Waals surface area contributed by atoms with Crippen LogP contribution in [0.4, 0.5) is 0 Å². The quantitative estimate of drug-likeness (QED) is 0.613. The van der Waals surface area contributed by atoms with E-state index >= 15 is 0 Å². The summed E-state index contributed by atoms with van der Waals surface area (Å²) in [6.45, 7) is 19.6. The molecular weight excluding hydrogens is 184 g/mol. The van der Waals surface area contributed by atoms with Gasteiger partial charge in [-0.1, -0.05) is 34.6 Å². The molecule has 0 bridgehead atoms. The summed E-state index contributed by atoms with van der Waals surface area (Å²) in [5.41, 5.74) is 0.343. The molecule has 0 aliphatic rings. The van der Waals surface area contributed by atoms with E-state index in [4.69, 9.17) is 0 Å². The van der Waals surface area contributed by atoms with Gasteiger partial charge >= 0.3 is 0 Å². The molecule has 1 unspecified atom stereocenters. The van der Waals surface area contributed by atoms with Gasteiger partial charge in [0.1, 0.15) is 0 Å². The molecular formula is C13H30N2. The van der Waals surface area contributed by atoms with E-state index in [-0.39, 0.29) is 0 Å². The molecule has 1 atom stereocenters. The van der Waals surface area contributed by atoms with Crippen LogP contribution in [0, 0.1) is 0 Å². The number of hydrogen-bond acceptors (Lipinski definition) is 2. The maximum Gasteiger partial charge on any atom is 0.0305 e. The Bertz CT molecular complexity index is 151. The van der Waals surface area contributed by atoms with Crippen molar-refractivity contribution in [3.63, 3.8) is 0 Å². The van der Waals surface area contributed by atoms with Crippen LogP contribution in [0.3, 0.4) is 0 Å². The maximum atomic E-state index is 2.59. The van der Waals surface area contributed by atoms with Crippen molar-refractivity contribution in [2.24, 2.45) is 0 Å². The lowest BCUT2D eigenvalue weighted by molar-refractivity contribution is 0.0687. The Balaban J connectivity index is 4.52. The summed E-state index contributed by atoms with van der Waals surface area (Å²) in [4.78, 5) is 5.12. The van der Waals surface area contributed by atoms with Crippen molar-refractivity contribution in [2.45, 2.75) is 53.5 Å². The van der Waals surface area contributed by atoms with E-state index in [1.165, 1.54) is 13.0 Å². The molecule has 0 aliphatic heterocycles. The topological polar surface area (TPSA) is 6.48 Å². The van der Waals surface area contributed by atoms with Crippen molar-refractivity contribution >= 4 is 0 Å². The molecule has 0 aromatic heterocycles. The van der Waals surface area contributed by atoms with Gasteiger partial charge in [-0.2, -0.15) is 0 Å². The van der Waals surface area contributed by atoms with E-state index in [0.29, 0.717) is 5.54 Å². The Morgan fingerprint density at radius 2 is 1.27 bits per heavy atom. The largest absolute Gasteiger partial charge is 0.302 e. The van der Waals surface area contributed by atoms with Gasteiger partial charge in [-0.05, 0) is 39.5 Å². The number of rotatable bonds is 8. The third kappa shape index (κ3) is 4.12. The maximum absolute atomic E-state index is 2.59. The first-order chi connectivity index (χ1) is 7.07. The molecule has 0 radical (unpaired) electrons. The Morgan fingerprint density at radius 3 is 1.53 bits per heavy atom. The standard InChI is InChI=1S/C13H30N2/c1-7-13(6,15(10-4)11-5)12-14(8-2)9-3/h7-12H2,1-6H3. The molecule has 2 heteroatoms. The van der Waals surface area contributed by atoms with Gasteiger partial charge in [0.2, 0.25) is 0 Å². The average molecular weight is 214 g/mol. The van der Waals surface area contributed by atoms with Gasteiger partial charge in [0.15, 0.2) is 0 Å². The Hall–Kier alpha value is -0.0800. The SMILES string of the molecule is CCN(CC)CC(C)(CC)N(CC)CC. The molecule has 0 saturated carbocycles. The lowest BCUT2D eigenvalue weighted by atomic mass is 9.95. The first kappa shape index (κ1) is 14.9. The van der Waals surface area contributed by atoms with E-state index < -0.39 is 0 Å². The number of nitrogens with zero attached hydrogens (tertiary/aromatic N) is 2. The molecule has 15 heavy (non-hydrogen) atoms. The van der Waals surface area contributed by atoms with Crippen LogP contribution >= 0.6 is 0 Å². The highest BCUT2D eigenvalue weighted by Crippen LogP contribution is 2.20. The molecule has 0 heterocycles. The normalized spacial score (nSPS) is 16.0.